The Balaban J connectivity index is 4.28. The quantitative estimate of drug-likeness (QED) is 0.739. The second-order valence-corrected chi connectivity index (χ2v) is 3.69. The fourth-order valence-electron chi connectivity index (χ4n) is 0.997. The van der Waals surface area contributed by atoms with Crippen molar-refractivity contribution in [3.05, 3.63) is 0 Å². The number of hydrogen-bond acceptors (Lipinski definition) is 3. The molecule has 0 aliphatic carbocycles. The van der Waals surface area contributed by atoms with Crippen molar-refractivity contribution in [2.75, 3.05) is 13.7 Å². The average molecular weight is 256 g/mol. The summed E-state index contributed by atoms with van der Waals surface area (Å²) in [6.07, 6.45) is -4.49. The van der Waals surface area contributed by atoms with Gasteiger partial charge >= 0.3 is 18.2 Å². The lowest BCUT2D eigenvalue weighted by molar-refractivity contribution is -0.144. The number of ether oxygens (including phenoxy) is 1. The zero-order chi connectivity index (χ0) is 13.6. The SMILES string of the molecule is COC(=O)C(NC(=O)NCC(F)(F)F)C(C)C. The molecule has 2 amide bonds. The standard InChI is InChI=1S/C9H15F3N2O3/c1-5(2)6(7(15)17-3)14-8(16)13-4-9(10,11)12/h5-6H,4H2,1-3H3,(H2,13,14,16). The minimum absolute atomic E-state index is 0.293. The van der Waals surface area contributed by atoms with Gasteiger partial charge in [-0.05, 0) is 5.92 Å². The van der Waals surface area contributed by atoms with Crippen LogP contribution in [0.25, 0.3) is 0 Å². The monoisotopic (exact) mass is 256 g/mol. The smallest absolute Gasteiger partial charge is 0.405 e. The Kier molecular flexibility index (Phi) is 5.77. The fourth-order valence-corrected chi connectivity index (χ4v) is 0.997. The molecule has 0 aromatic heterocycles. The van der Waals surface area contributed by atoms with E-state index in [1.807, 2.05) is 0 Å². The molecule has 5 nitrogen and oxygen atoms in total. The third kappa shape index (κ3) is 6.64. The van der Waals surface area contributed by atoms with Crippen molar-refractivity contribution in [3.8, 4) is 0 Å². The van der Waals surface area contributed by atoms with E-state index in [2.05, 4.69) is 10.1 Å². The summed E-state index contributed by atoms with van der Waals surface area (Å²) in [6, 6.07) is -2.04. The van der Waals surface area contributed by atoms with Gasteiger partial charge in [0.2, 0.25) is 0 Å². The van der Waals surface area contributed by atoms with Gasteiger partial charge in [0.05, 0.1) is 7.11 Å². The van der Waals surface area contributed by atoms with Crippen LogP contribution in [0.1, 0.15) is 13.8 Å². The molecule has 0 rings (SSSR count). The van der Waals surface area contributed by atoms with E-state index in [1.165, 1.54) is 0 Å². The van der Waals surface area contributed by atoms with Crippen LogP contribution in [0.3, 0.4) is 0 Å². The van der Waals surface area contributed by atoms with Gasteiger partial charge in [-0.2, -0.15) is 13.2 Å². The number of amides is 2. The number of carbonyl (C=O) groups is 2. The van der Waals surface area contributed by atoms with Crippen LogP contribution in [0, 0.1) is 5.92 Å². The van der Waals surface area contributed by atoms with Crippen molar-refractivity contribution in [2.45, 2.75) is 26.1 Å². The van der Waals surface area contributed by atoms with Gasteiger partial charge in [0.25, 0.3) is 0 Å². The van der Waals surface area contributed by atoms with E-state index in [0.29, 0.717) is 0 Å². The Bertz CT molecular complexity index is 279. The second-order valence-electron chi connectivity index (χ2n) is 3.69. The number of esters is 1. The van der Waals surface area contributed by atoms with Gasteiger partial charge in [0, 0.05) is 0 Å². The van der Waals surface area contributed by atoms with Crippen LogP contribution in [-0.4, -0.2) is 37.9 Å². The van der Waals surface area contributed by atoms with E-state index < -0.39 is 30.8 Å². The van der Waals surface area contributed by atoms with E-state index in [0.717, 1.165) is 7.11 Å². The topological polar surface area (TPSA) is 67.4 Å². The molecule has 0 aliphatic rings. The van der Waals surface area contributed by atoms with Gasteiger partial charge in [-0.3, -0.25) is 0 Å². The number of hydrogen-bond donors (Lipinski definition) is 2. The lowest BCUT2D eigenvalue weighted by Crippen LogP contribution is -2.50. The minimum Gasteiger partial charge on any atom is -0.467 e. The first kappa shape index (κ1) is 15.5. The van der Waals surface area contributed by atoms with Gasteiger partial charge < -0.3 is 15.4 Å². The number of carbonyl (C=O) groups excluding carboxylic acids is 2. The van der Waals surface area contributed by atoms with E-state index in [9.17, 15) is 22.8 Å². The zero-order valence-electron chi connectivity index (χ0n) is 9.72. The minimum atomic E-state index is -4.49. The first-order valence-electron chi connectivity index (χ1n) is 4.86. The lowest BCUT2D eigenvalue weighted by Gasteiger charge is -2.20. The molecule has 0 saturated heterocycles. The summed E-state index contributed by atoms with van der Waals surface area (Å²) in [5, 5.41) is 3.72. The molecular formula is C9H15F3N2O3. The van der Waals surface area contributed by atoms with Gasteiger partial charge in [0.1, 0.15) is 12.6 Å². The highest BCUT2D eigenvalue weighted by Crippen LogP contribution is 2.12. The summed E-state index contributed by atoms with van der Waals surface area (Å²) < 4.78 is 39.8. The molecule has 2 N–H and O–H groups in total. The molecule has 0 aliphatic heterocycles. The van der Waals surface area contributed by atoms with E-state index in [4.69, 9.17) is 0 Å². The maximum atomic E-state index is 11.8. The van der Waals surface area contributed by atoms with Crippen molar-refractivity contribution >= 4 is 12.0 Å². The zero-order valence-corrected chi connectivity index (χ0v) is 9.72. The number of urea groups is 1. The maximum absolute atomic E-state index is 11.8. The van der Waals surface area contributed by atoms with Crippen molar-refractivity contribution in [1.29, 1.82) is 0 Å². The Labute approximate surface area is 96.7 Å². The molecule has 0 aromatic carbocycles. The van der Waals surface area contributed by atoms with Crippen LogP contribution in [0.4, 0.5) is 18.0 Å². The first-order valence-corrected chi connectivity index (χ1v) is 4.86. The van der Waals surface area contributed by atoms with Crippen LogP contribution >= 0.6 is 0 Å². The summed E-state index contributed by atoms with van der Waals surface area (Å²) in [5.41, 5.74) is 0. The fraction of sp³-hybridized carbons (Fsp3) is 0.778. The van der Waals surface area contributed by atoms with Crippen LogP contribution in [0.15, 0.2) is 0 Å². The highest BCUT2D eigenvalue weighted by atomic mass is 19.4. The van der Waals surface area contributed by atoms with Crippen LogP contribution in [0.2, 0.25) is 0 Å². The summed E-state index contributed by atoms with van der Waals surface area (Å²) >= 11 is 0. The molecule has 0 saturated carbocycles. The number of methoxy groups -OCH3 is 1. The highest BCUT2D eigenvalue weighted by molar-refractivity contribution is 5.83. The Morgan fingerprint density at radius 3 is 2.18 bits per heavy atom. The number of nitrogens with one attached hydrogen (secondary N) is 2. The van der Waals surface area contributed by atoms with E-state index in [-0.39, 0.29) is 5.92 Å². The number of alkyl halides is 3. The maximum Gasteiger partial charge on any atom is 0.405 e. The van der Waals surface area contributed by atoms with Gasteiger partial charge in [-0.1, -0.05) is 13.8 Å². The third-order valence-corrected chi connectivity index (χ3v) is 1.86. The molecule has 17 heavy (non-hydrogen) atoms. The molecule has 0 spiro atoms. The number of rotatable bonds is 4. The molecule has 0 radical (unpaired) electrons. The average Bonchev–Trinajstić information content (AvgIpc) is 2.20. The van der Waals surface area contributed by atoms with E-state index in [1.54, 1.807) is 19.2 Å². The second kappa shape index (κ2) is 6.31. The van der Waals surface area contributed by atoms with Crippen molar-refractivity contribution < 1.29 is 27.5 Å². The Morgan fingerprint density at radius 2 is 1.82 bits per heavy atom. The molecule has 1 unspecified atom stereocenters. The van der Waals surface area contributed by atoms with Gasteiger partial charge in [-0.15, -0.1) is 0 Å². The lowest BCUT2D eigenvalue weighted by atomic mass is 10.1. The van der Waals surface area contributed by atoms with Gasteiger partial charge in [-0.25, -0.2) is 9.59 Å². The predicted octanol–water partition coefficient (Wildman–Crippen LogP) is 1.05. The summed E-state index contributed by atoms with van der Waals surface area (Å²) in [4.78, 5) is 22.3. The van der Waals surface area contributed by atoms with Crippen molar-refractivity contribution in [2.24, 2.45) is 5.92 Å². The first-order chi connectivity index (χ1) is 7.67. The summed E-state index contributed by atoms with van der Waals surface area (Å²) in [5.74, 6) is -0.999. The van der Waals surface area contributed by atoms with Crippen LogP contribution < -0.4 is 10.6 Å². The molecule has 0 fully saturated rings. The van der Waals surface area contributed by atoms with Gasteiger partial charge in [0.15, 0.2) is 0 Å². The molecule has 0 aromatic rings. The summed E-state index contributed by atoms with van der Waals surface area (Å²) in [6.45, 7) is 1.81. The molecule has 100 valence electrons. The van der Waals surface area contributed by atoms with Crippen molar-refractivity contribution in [1.82, 2.24) is 10.6 Å². The Morgan fingerprint density at radius 1 is 1.29 bits per heavy atom. The molecular weight excluding hydrogens is 241 g/mol. The molecule has 0 heterocycles. The largest absolute Gasteiger partial charge is 0.467 e. The molecule has 8 heteroatoms. The van der Waals surface area contributed by atoms with Crippen LogP contribution in [0.5, 0.6) is 0 Å². The molecule has 1 atom stereocenters. The number of halogens is 3. The van der Waals surface area contributed by atoms with Crippen molar-refractivity contribution in [3.63, 3.8) is 0 Å². The normalized spacial score (nSPS) is 13.1. The summed E-state index contributed by atoms with van der Waals surface area (Å²) in [7, 11) is 1.13. The van der Waals surface area contributed by atoms with E-state index >= 15 is 0 Å². The predicted molar refractivity (Wildman–Crippen MR) is 53.2 cm³/mol. The Hall–Kier alpha value is -1.47. The van der Waals surface area contributed by atoms with Crippen LogP contribution in [-0.2, 0) is 9.53 Å². The third-order valence-electron chi connectivity index (χ3n) is 1.86. The highest BCUT2D eigenvalue weighted by Gasteiger charge is 2.29. The molecule has 0 bridgehead atoms.